The van der Waals surface area contributed by atoms with Crippen LogP contribution in [-0.4, -0.2) is 17.3 Å². The zero-order chi connectivity index (χ0) is 10.1. The maximum absolute atomic E-state index is 13.2. The summed E-state index contributed by atoms with van der Waals surface area (Å²) in [4.78, 5) is 11.6. The highest BCUT2D eigenvalue weighted by Gasteiger charge is 2.30. The van der Waals surface area contributed by atoms with Crippen molar-refractivity contribution in [1.82, 2.24) is 0 Å². The van der Waals surface area contributed by atoms with E-state index in [-0.39, 0.29) is 11.5 Å². The Bertz CT molecular complexity index is 354. The highest BCUT2D eigenvalue weighted by atomic mass is 32.2. The van der Waals surface area contributed by atoms with Crippen molar-refractivity contribution in [3.63, 3.8) is 0 Å². The number of Topliss-reactive ketones (excluding diaryl/α,β-unsaturated/α-hetero) is 1. The van der Waals surface area contributed by atoms with Crippen LogP contribution in [0.1, 0.15) is 10.4 Å². The van der Waals surface area contributed by atoms with E-state index >= 15 is 0 Å². The van der Waals surface area contributed by atoms with Crippen molar-refractivity contribution in [3.05, 3.63) is 35.4 Å². The van der Waals surface area contributed by atoms with Crippen LogP contribution in [0.2, 0.25) is 0 Å². The quantitative estimate of drug-likeness (QED) is 0.704. The molecule has 0 aromatic heterocycles. The Labute approximate surface area is 84.5 Å². The van der Waals surface area contributed by atoms with Gasteiger partial charge in [-0.1, -0.05) is 6.07 Å². The molecule has 1 aromatic carbocycles. The molecule has 0 radical (unpaired) electrons. The molecule has 74 valence electrons. The predicted molar refractivity (Wildman–Crippen MR) is 51.5 cm³/mol. The first-order chi connectivity index (χ1) is 6.70. The summed E-state index contributed by atoms with van der Waals surface area (Å²) in [7, 11) is 0. The van der Waals surface area contributed by atoms with Gasteiger partial charge in [-0.2, -0.15) is 11.8 Å². The highest BCUT2D eigenvalue weighted by molar-refractivity contribution is 8.00. The number of halogens is 2. The van der Waals surface area contributed by atoms with Crippen molar-refractivity contribution in [2.24, 2.45) is 5.92 Å². The molecule has 4 heteroatoms. The fourth-order valence-corrected chi connectivity index (χ4v) is 2.10. The van der Waals surface area contributed by atoms with Crippen molar-refractivity contribution in [1.29, 1.82) is 0 Å². The molecular formula is C10H8F2OS. The molecule has 0 unspecified atom stereocenters. The van der Waals surface area contributed by atoms with Crippen LogP contribution in [0.3, 0.4) is 0 Å². The summed E-state index contributed by atoms with van der Waals surface area (Å²) in [5, 5.41) is 0. The molecule has 2 rings (SSSR count). The Hall–Kier alpha value is -0.900. The van der Waals surface area contributed by atoms with E-state index in [2.05, 4.69) is 0 Å². The molecule has 1 aliphatic rings. The molecule has 1 aliphatic heterocycles. The minimum Gasteiger partial charge on any atom is -0.294 e. The summed E-state index contributed by atoms with van der Waals surface area (Å²) < 4.78 is 26.3. The van der Waals surface area contributed by atoms with Crippen LogP contribution in [0.5, 0.6) is 0 Å². The largest absolute Gasteiger partial charge is 0.294 e. The van der Waals surface area contributed by atoms with Gasteiger partial charge >= 0.3 is 0 Å². The number of carbonyl (C=O) groups is 1. The summed E-state index contributed by atoms with van der Waals surface area (Å²) in [5.41, 5.74) is -0.377. The predicted octanol–water partition coefficient (Wildman–Crippen LogP) is 2.51. The molecule has 0 saturated carbocycles. The van der Waals surface area contributed by atoms with Gasteiger partial charge in [-0.15, -0.1) is 0 Å². The Morgan fingerprint density at radius 2 is 1.86 bits per heavy atom. The first-order valence-corrected chi connectivity index (χ1v) is 5.41. The summed E-state index contributed by atoms with van der Waals surface area (Å²) in [5.74, 6) is -0.774. The van der Waals surface area contributed by atoms with E-state index < -0.39 is 17.4 Å². The van der Waals surface area contributed by atoms with Crippen LogP contribution < -0.4 is 0 Å². The first-order valence-electron chi connectivity index (χ1n) is 4.26. The molecule has 0 aliphatic carbocycles. The molecule has 0 amide bonds. The second kappa shape index (κ2) is 3.69. The van der Waals surface area contributed by atoms with Gasteiger partial charge in [0.2, 0.25) is 0 Å². The van der Waals surface area contributed by atoms with Crippen molar-refractivity contribution in [2.75, 3.05) is 11.5 Å². The smallest absolute Gasteiger partial charge is 0.173 e. The average molecular weight is 214 g/mol. The molecule has 1 aromatic rings. The van der Waals surface area contributed by atoms with Crippen molar-refractivity contribution in [2.45, 2.75) is 0 Å². The van der Waals surface area contributed by atoms with Crippen molar-refractivity contribution >= 4 is 17.5 Å². The molecule has 0 atom stereocenters. The lowest BCUT2D eigenvalue weighted by Gasteiger charge is -2.23. The van der Waals surface area contributed by atoms with Gasteiger partial charge < -0.3 is 0 Å². The number of rotatable bonds is 2. The minimum atomic E-state index is -0.757. The fourth-order valence-electron chi connectivity index (χ4n) is 1.32. The van der Waals surface area contributed by atoms with Crippen LogP contribution in [-0.2, 0) is 0 Å². The van der Waals surface area contributed by atoms with Crippen LogP contribution in [0, 0.1) is 17.6 Å². The van der Waals surface area contributed by atoms with E-state index in [0.29, 0.717) is 11.5 Å². The highest BCUT2D eigenvalue weighted by Crippen LogP contribution is 2.29. The third-order valence-electron chi connectivity index (χ3n) is 2.22. The number of ketones is 1. The number of hydrogen-bond acceptors (Lipinski definition) is 2. The van der Waals surface area contributed by atoms with E-state index in [9.17, 15) is 13.6 Å². The second-order valence-electron chi connectivity index (χ2n) is 3.20. The van der Waals surface area contributed by atoms with Crippen LogP contribution in [0.25, 0.3) is 0 Å². The summed E-state index contributed by atoms with van der Waals surface area (Å²) in [6.45, 7) is 0. The number of carbonyl (C=O) groups excluding carboxylic acids is 1. The lowest BCUT2D eigenvalue weighted by Crippen LogP contribution is -2.29. The van der Waals surface area contributed by atoms with Crippen molar-refractivity contribution < 1.29 is 13.6 Å². The average Bonchev–Trinajstić information content (AvgIpc) is 2.00. The Kier molecular flexibility index (Phi) is 2.54. The van der Waals surface area contributed by atoms with Crippen LogP contribution in [0.15, 0.2) is 18.2 Å². The van der Waals surface area contributed by atoms with Gasteiger partial charge in [0.05, 0.1) is 5.56 Å². The molecule has 0 bridgehead atoms. The lowest BCUT2D eigenvalue weighted by molar-refractivity contribution is 0.0930. The molecule has 1 nitrogen and oxygen atoms in total. The maximum atomic E-state index is 13.2. The number of benzene rings is 1. The monoisotopic (exact) mass is 214 g/mol. The Morgan fingerprint density at radius 1 is 1.29 bits per heavy atom. The SMILES string of the molecule is O=C(c1c(F)cccc1F)C1CSC1. The van der Waals surface area contributed by atoms with E-state index in [4.69, 9.17) is 0 Å². The molecule has 0 N–H and O–H groups in total. The van der Waals surface area contributed by atoms with Gasteiger partial charge in [-0.05, 0) is 12.1 Å². The molecule has 14 heavy (non-hydrogen) atoms. The zero-order valence-corrected chi connectivity index (χ0v) is 8.11. The number of hydrogen-bond donors (Lipinski definition) is 0. The topological polar surface area (TPSA) is 17.1 Å². The summed E-state index contributed by atoms with van der Waals surface area (Å²) in [6.07, 6.45) is 0. The van der Waals surface area contributed by atoms with Gasteiger partial charge in [0.1, 0.15) is 11.6 Å². The van der Waals surface area contributed by atoms with E-state index in [1.54, 1.807) is 11.8 Å². The Morgan fingerprint density at radius 3 is 2.29 bits per heavy atom. The summed E-state index contributed by atoms with van der Waals surface area (Å²) in [6, 6.07) is 3.49. The van der Waals surface area contributed by atoms with Crippen LogP contribution >= 0.6 is 11.8 Å². The third-order valence-corrected chi connectivity index (χ3v) is 3.49. The van der Waals surface area contributed by atoms with Crippen molar-refractivity contribution in [3.8, 4) is 0 Å². The minimum absolute atomic E-state index is 0.202. The lowest BCUT2D eigenvalue weighted by atomic mass is 9.99. The molecule has 1 saturated heterocycles. The standard InChI is InChI=1S/C10H8F2OS/c11-7-2-1-3-8(12)9(7)10(13)6-4-14-5-6/h1-3,6H,4-5H2. The summed E-state index contributed by atoms with van der Waals surface area (Å²) >= 11 is 1.61. The Balaban J connectivity index is 2.34. The number of thioether (sulfide) groups is 1. The van der Waals surface area contributed by atoms with E-state index in [0.717, 1.165) is 12.1 Å². The van der Waals surface area contributed by atoms with E-state index in [1.165, 1.54) is 6.07 Å². The third kappa shape index (κ3) is 1.54. The maximum Gasteiger partial charge on any atom is 0.173 e. The normalized spacial score (nSPS) is 16.4. The molecule has 0 spiro atoms. The van der Waals surface area contributed by atoms with Gasteiger partial charge in [0, 0.05) is 17.4 Å². The second-order valence-corrected chi connectivity index (χ2v) is 4.27. The zero-order valence-electron chi connectivity index (χ0n) is 7.30. The first kappa shape index (κ1) is 9.65. The molecule has 1 heterocycles. The molecule has 1 fully saturated rings. The van der Waals surface area contributed by atoms with Crippen LogP contribution in [0.4, 0.5) is 8.78 Å². The van der Waals surface area contributed by atoms with Gasteiger partial charge in [-0.3, -0.25) is 4.79 Å². The fraction of sp³-hybridized carbons (Fsp3) is 0.300. The molecular weight excluding hydrogens is 206 g/mol. The van der Waals surface area contributed by atoms with Gasteiger partial charge in [-0.25, -0.2) is 8.78 Å². The van der Waals surface area contributed by atoms with Gasteiger partial charge in [0.25, 0.3) is 0 Å². The van der Waals surface area contributed by atoms with Gasteiger partial charge in [0.15, 0.2) is 5.78 Å². The van der Waals surface area contributed by atoms with E-state index in [1.807, 2.05) is 0 Å².